The van der Waals surface area contributed by atoms with E-state index in [1.165, 1.54) is 6.07 Å². The normalized spacial score (nSPS) is 15.1. The van der Waals surface area contributed by atoms with Gasteiger partial charge in [-0.3, -0.25) is 4.79 Å². The van der Waals surface area contributed by atoms with Crippen LogP contribution in [0.1, 0.15) is 39.9 Å². The Labute approximate surface area is 192 Å². The number of aromatic carboxylic acids is 1. The second-order valence-electron chi connectivity index (χ2n) is 7.94. The highest BCUT2D eigenvalue weighted by atomic mass is 19.4. The van der Waals surface area contributed by atoms with Gasteiger partial charge in [0.15, 0.2) is 0 Å². The van der Waals surface area contributed by atoms with Crippen molar-refractivity contribution in [2.45, 2.75) is 30.6 Å². The number of amides is 1. The van der Waals surface area contributed by atoms with Gasteiger partial charge in [-0.2, -0.15) is 31.4 Å². The zero-order valence-corrected chi connectivity index (χ0v) is 17.3. The van der Waals surface area contributed by atoms with Crippen LogP contribution in [-0.2, 0) is 22.6 Å². The SMILES string of the molecule is O=C(O)c1cc(NC(=O)C2(c3ccc(C(F)(F)F)cc3F)CC2)ccc1-n1cc(C(F)(F)F)cn1. The maximum Gasteiger partial charge on any atom is 0.419 e. The Hall–Kier alpha value is -3.90. The summed E-state index contributed by atoms with van der Waals surface area (Å²) in [5.74, 6) is -3.48. The Morgan fingerprint density at radius 3 is 2.14 bits per heavy atom. The van der Waals surface area contributed by atoms with Crippen LogP contribution >= 0.6 is 0 Å². The molecule has 2 aromatic carbocycles. The number of carboxylic acid groups (broad SMARTS) is 1. The molecule has 0 bridgehead atoms. The van der Waals surface area contributed by atoms with Gasteiger partial charge in [0.05, 0.1) is 34.0 Å². The molecule has 1 heterocycles. The standard InChI is InChI=1S/C22H14F7N3O3/c23-16-7-11(21(24,25)26)1-3-15(16)20(5-6-20)19(35)31-13-2-4-17(14(8-13)18(33)34)32-10-12(9-30-32)22(27,28)29/h1-4,7-10H,5-6H2,(H,31,35)(H,33,34). The summed E-state index contributed by atoms with van der Waals surface area (Å²) in [5.41, 5.74) is -4.71. The highest BCUT2D eigenvalue weighted by Gasteiger charge is 2.53. The molecule has 1 amide bonds. The van der Waals surface area contributed by atoms with Crippen LogP contribution < -0.4 is 5.32 Å². The number of alkyl halides is 6. The number of hydrogen-bond acceptors (Lipinski definition) is 3. The number of carboxylic acids is 1. The molecule has 0 saturated heterocycles. The Morgan fingerprint density at radius 2 is 1.63 bits per heavy atom. The maximum absolute atomic E-state index is 14.5. The van der Waals surface area contributed by atoms with E-state index in [0.717, 1.165) is 22.9 Å². The summed E-state index contributed by atoms with van der Waals surface area (Å²) >= 11 is 0. The van der Waals surface area contributed by atoms with Crippen molar-refractivity contribution < 1.29 is 45.4 Å². The van der Waals surface area contributed by atoms with Crippen molar-refractivity contribution in [2.75, 3.05) is 5.32 Å². The van der Waals surface area contributed by atoms with Crippen LogP contribution in [0.15, 0.2) is 48.8 Å². The van der Waals surface area contributed by atoms with E-state index in [2.05, 4.69) is 10.4 Å². The molecule has 1 aliphatic rings. The zero-order chi connectivity index (χ0) is 25.8. The van der Waals surface area contributed by atoms with Crippen LogP contribution in [0.4, 0.5) is 36.4 Å². The van der Waals surface area contributed by atoms with E-state index in [-0.39, 0.29) is 29.8 Å². The first-order valence-corrected chi connectivity index (χ1v) is 9.91. The van der Waals surface area contributed by atoms with Gasteiger partial charge in [0, 0.05) is 17.4 Å². The maximum atomic E-state index is 14.5. The van der Waals surface area contributed by atoms with Gasteiger partial charge in [-0.05, 0) is 43.2 Å². The Kier molecular flexibility index (Phi) is 5.61. The van der Waals surface area contributed by atoms with E-state index in [1.54, 1.807) is 0 Å². The molecule has 184 valence electrons. The molecule has 0 atom stereocenters. The quantitative estimate of drug-likeness (QED) is 0.458. The average molecular weight is 501 g/mol. The number of rotatable bonds is 5. The van der Waals surface area contributed by atoms with E-state index in [4.69, 9.17) is 0 Å². The fourth-order valence-electron chi connectivity index (χ4n) is 3.66. The number of halogens is 7. The molecule has 2 N–H and O–H groups in total. The summed E-state index contributed by atoms with van der Waals surface area (Å²) in [6.07, 6.45) is -8.02. The minimum Gasteiger partial charge on any atom is -0.478 e. The van der Waals surface area contributed by atoms with Crippen molar-refractivity contribution in [3.63, 3.8) is 0 Å². The summed E-state index contributed by atoms with van der Waals surface area (Å²) in [6, 6.07) is 5.20. The zero-order valence-electron chi connectivity index (χ0n) is 17.3. The lowest BCUT2D eigenvalue weighted by Crippen LogP contribution is -2.29. The predicted molar refractivity (Wildman–Crippen MR) is 106 cm³/mol. The van der Waals surface area contributed by atoms with E-state index >= 15 is 0 Å². The Morgan fingerprint density at radius 1 is 0.971 bits per heavy atom. The molecular formula is C22H14F7N3O3. The molecule has 3 aromatic rings. The number of anilines is 1. The summed E-state index contributed by atoms with van der Waals surface area (Å²) in [5, 5.41) is 15.5. The summed E-state index contributed by atoms with van der Waals surface area (Å²) in [7, 11) is 0. The van der Waals surface area contributed by atoms with Crippen molar-refractivity contribution in [1.82, 2.24) is 9.78 Å². The minimum atomic E-state index is -4.76. The van der Waals surface area contributed by atoms with Crippen molar-refractivity contribution in [1.29, 1.82) is 0 Å². The van der Waals surface area contributed by atoms with E-state index in [1.807, 2.05) is 0 Å². The lowest BCUT2D eigenvalue weighted by Gasteiger charge is -2.18. The van der Waals surface area contributed by atoms with E-state index in [9.17, 15) is 45.4 Å². The van der Waals surface area contributed by atoms with Gasteiger partial charge in [-0.25, -0.2) is 13.9 Å². The molecule has 6 nitrogen and oxygen atoms in total. The monoisotopic (exact) mass is 501 g/mol. The van der Waals surface area contributed by atoms with Gasteiger partial charge >= 0.3 is 18.3 Å². The fourth-order valence-corrected chi connectivity index (χ4v) is 3.66. The molecule has 35 heavy (non-hydrogen) atoms. The van der Waals surface area contributed by atoms with Crippen molar-refractivity contribution >= 4 is 17.6 Å². The van der Waals surface area contributed by atoms with Gasteiger partial charge in [-0.1, -0.05) is 6.07 Å². The van der Waals surface area contributed by atoms with Gasteiger partial charge in [-0.15, -0.1) is 0 Å². The predicted octanol–water partition coefficient (Wildman–Crippen LogP) is 5.42. The first-order valence-electron chi connectivity index (χ1n) is 9.91. The van der Waals surface area contributed by atoms with Gasteiger partial charge in [0.1, 0.15) is 5.82 Å². The highest BCUT2D eigenvalue weighted by molar-refractivity contribution is 6.02. The lowest BCUT2D eigenvalue weighted by molar-refractivity contribution is -0.138. The molecule has 1 fully saturated rings. The fraction of sp³-hybridized carbons (Fsp3) is 0.227. The largest absolute Gasteiger partial charge is 0.478 e. The lowest BCUT2D eigenvalue weighted by atomic mass is 9.93. The smallest absolute Gasteiger partial charge is 0.419 e. The number of carbonyl (C=O) groups excluding carboxylic acids is 1. The average Bonchev–Trinajstić information content (AvgIpc) is 3.40. The van der Waals surface area contributed by atoms with Crippen molar-refractivity contribution in [2.24, 2.45) is 0 Å². The summed E-state index contributed by atoms with van der Waals surface area (Å²) in [6.45, 7) is 0. The first kappa shape index (κ1) is 24.2. The van der Waals surface area contributed by atoms with Gasteiger partial charge < -0.3 is 10.4 Å². The van der Waals surface area contributed by atoms with Gasteiger partial charge in [0.2, 0.25) is 5.91 Å². The first-order chi connectivity index (χ1) is 16.2. The number of nitrogens with zero attached hydrogens (tertiary/aromatic N) is 2. The number of carbonyl (C=O) groups is 2. The number of benzene rings is 2. The minimum absolute atomic E-state index is 0.0575. The van der Waals surface area contributed by atoms with E-state index in [0.29, 0.717) is 24.5 Å². The van der Waals surface area contributed by atoms with Crippen LogP contribution in [0.3, 0.4) is 0 Å². The molecule has 0 unspecified atom stereocenters. The second-order valence-corrected chi connectivity index (χ2v) is 7.94. The van der Waals surface area contributed by atoms with Crippen molar-refractivity contribution in [3.05, 3.63) is 76.9 Å². The van der Waals surface area contributed by atoms with Gasteiger partial charge in [0.25, 0.3) is 0 Å². The third-order valence-electron chi connectivity index (χ3n) is 5.64. The molecule has 4 rings (SSSR count). The summed E-state index contributed by atoms with van der Waals surface area (Å²) in [4.78, 5) is 24.6. The number of nitrogens with one attached hydrogen (secondary N) is 1. The molecule has 1 aliphatic carbocycles. The van der Waals surface area contributed by atoms with E-state index < -0.39 is 52.2 Å². The third-order valence-corrected chi connectivity index (χ3v) is 5.64. The molecular weight excluding hydrogens is 487 g/mol. The summed E-state index contributed by atoms with van der Waals surface area (Å²) < 4.78 is 92.2. The number of hydrogen-bond donors (Lipinski definition) is 2. The molecule has 1 aromatic heterocycles. The number of aromatic nitrogens is 2. The molecule has 13 heteroatoms. The highest BCUT2D eigenvalue weighted by Crippen LogP contribution is 2.50. The van der Waals surface area contributed by atoms with Crippen LogP contribution in [0.25, 0.3) is 5.69 Å². The molecule has 1 saturated carbocycles. The van der Waals surface area contributed by atoms with Crippen LogP contribution in [-0.4, -0.2) is 26.8 Å². The molecule has 0 spiro atoms. The topological polar surface area (TPSA) is 84.2 Å². The molecule has 0 aliphatic heterocycles. The van der Waals surface area contributed by atoms with Crippen LogP contribution in [0.5, 0.6) is 0 Å². The van der Waals surface area contributed by atoms with Crippen molar-refractivity contribution in [3.8, 4) is 5.69 Å². The second kappa shape index (κ2) is 8.10. The Bertz CT molecular complexity index is 1320. The Balaban J connectivity index is 1.61. The van der Waals surface area contributed by atoms with Crippen LogP contribution in [0.2, 0.25) is 0 Å². The van der Waals surface area contributed by atoms with Crippen LogP contribution in [0, 0.1) is 5.82 Å². The third kappa shape index (κ3) is 4.57. The molecule has 0 radical (unpaired) electrons.